The van der Waals surface area contributed by atoms with Crippen LogP contribution in [0.15, 0.2) is 18.2 Å². The summed E-state index contributed by atoms with van der Waals surface area (Å²) < 4.78 is 1.58. The Labute approximate surface area is 115 Å². The fourth-order valence-corrected chi connectivity index (χ4v) is 2.10. The third-order valence-electron chi connectivity index (χ3n) is 2.73. The fraction of sp³-hybridized carbons (Fsp3) is 0.308. The summed E-state index contributed by atoms with van der Waals surface area (Å²) in [5.74, 6) is -0.661. The molecule has 0 radical (unpaired) electrons. The largest absolute Gasteiger partial charge is 0.475 e. The zero-order chi connectivity index (χ0) is 14.0. The molecule has 0 aliphatic carbocycles. The Morgan fingerprint density at radius 1 is 1.47 bits per heavy atom. The van der Waals surface area contributed by atoms with Crippen LogP contribution in [0.25, 0.3) is 5.69 Å². The minimum Gasteiger partial charge on any atom is -0.475 e. The molecule has 5 nitrogen and oxygen atoms in total. The van der Waals surface area contributed by atoms with Crippen LogP contribution < -0.4 is 0 Å². The van der Waals surface area contributed by atoms with Gasteiger partial charge in [-0.2, -0.15) is 0 Å². The first-order chi connectivity index (χ1) is 9.02. The van der Waals surface area contributed by atoms with Crippen molar-refractivity contribution in [3.8, 4) is 5.69 Å². The van der Waals surface area contributed by atoms with Gasteiger partial charge in [0.25, 0.3) is 5.82 Å². The predicted octanol–water partition coefficient (Wildman–Crippen LogP) is 2.88. The molecule has 1 N–H and O–H groups in total. The third-order valence-corrected chi connectivity index (χ3v) is 2.96. The van der Waals surface area contributed by atoms with Gasteiger partial charge in [-0.1, -0.05) is 18.5 Å². The van der Waals surface area contributed by atoms with E-state index in [1.807, 2.05) is 26.0 Å². The lowest BCUT2D eigenvalue weighted by Gasteiger charge is -2.08. The molecule has 19 heavy (non-hydrogen) atoms. The van der Waals surface area contributed by atoms with Gasteiger partial charge in [0, 0.05) is 11.4 Å². The van der Waals surface area contributed by atoms with Crippen molar-refractivity contribution in [1.82, 2.24) is 14.8 Å². The number of carbonyl (C=O) groups is 1. The second-order valence-electron chi connectivity index (χ2n) is 4.25. The first-order valence-corrected chi connectivity index (χ1v) is 6.36. The molecule has 2 aromatic rings. The predicted molar refractivity (Wildman–Crippen MR) is 72.1 cm³/mol. The van der Waals surface area contributed by atoms with Gasteiger partial charge in [-0.05, 0) is 37.1 Å². The summed E-state index contributed by atoms with van der Waals surface area (Å²) in [6, 6.07) is 5.38. The molecule has 1 aromatic heterocycles. The van der Waals surface area contributed by atoms with Crippen LogP contribution in [0, 0.1) is 6.92 Å². The standard InChI is InChI=1S/C13H14ClN3O2/c1-3-4-11-15-12(13(18)19)16-17(11)10-6-5-9(14)7-8(10)2/h5-7H,3-4H2,1-2H3,(H,18,19). The molecule has 0 fully saturated rings. The van der Waals surface area contributed by atoms with Gasteiger partial charge in [0.05, 0.1) is 5.69 Å². The summed E-state index contributed by atoms with van der Waals surface area (Å²) in [6.07, 6.45) is 1.53. The number of carboxylic acid groups (broad SMARTS) is 1. The van der Waals surface area contributed by atoms with Gasteiger partial charge >= 0.3 is 5.97 Å². The number of carboxylic acids is 1. The zero-order valence-electron chi connectivity index (χ0n) is 10.7. The Hall–Kier alpha value is -1.88. The summed E-state index contributed by atoms with van der Waals surface area (Å²) in [5, 5.41) is 13.7. The first-order valence-electron chi connectivity index (χ1n) is 5.98. The van der Waals surface area contributed by atoms with Crippen molar-refractivity contribution >= 4 is 17.6 Å². The van der Waals surface area contributed by atoms with E-state index >= 15 is 0 Å². The van der Waals surface area contributed by atoms with Crippen molar-refractivity contribution in [2.45, 2.75) is 26.7 Å². The molecular weight excluding hydrogens is 266 g/mol. The maximum Gasteiger partial charge on any atom is 0.375 e. The first kappa shape index (κ1) is 13.5. The monoisotopic (exact) mass is 279 g/mol. The van der Waals surface area contributed by atoms with E-state index in [4.69, 9.17) is 16.7 Å². The van der Waals surface area contributed by atoms with Crippen LogP contribution >= 0.6 is 11.6 Å². The number of halogens is 1. The number of aryl methyl sites for hydroxylation is 2. The molecule has 2 rings (SSSR count). The Morgan fingerprint density at radius 3 is 2.79 bits per heavy atom. The van der Waals surface area contributed by atoms with Crippen LogP contribution in [-0.4, -0.2) is 25.8 Å². The average molecular weight is 280 g/mol. The van der Waals surface area contributed by atoms with E-state index in [1.165, 1.54) is 0 Å². The lowest BCUT2D eigenvalue weighted by molar-refractivity contribution is 0.0683. The molecule has 6 heteroatoms. The van der Waals surface area contributed by atoms with Crippen molar-refractivity contribution in [3.05, 3.63) is 40.4 Å². The average Bonchev–Trinajstić information content (AvgIpc) is 2.74. The zero-order valence-corrected chi connectivity index (χ0v) is 11.5. The number of hydrogen-bond donors (Lipinski definition) is 1. The van der Waals surface area contributed by atoms with Crippen LogP contribution in [0.3, 0.4) is 0 Å². The summed E-state index contributed by atoms with van der Waals surface area (Å²) in [4.78, 5) is 15.0. The molecule has 0 spiro atoms. The van der Waals surface area contributed by atoms with E-state index in [2.05, 4.69) is 10.1 Å². The van der Waals surface area contributed by atoms with Gasteiger partial charge < -0.3 is 5.11 Å². The Kier molecular flexibility index (Phi) is 3.85. The maximum atomic E-state index is 11.0. The SMILES string of the molecule is CCCc1nc(C(=O)O)nn1-c1ccc(Cl)cc1C. The molecule has 0 saturated heterocycles. The van der Waals surface area contributed by atoms with Gasteiger partial charge in [0.2, 0.25) is 0 Å². The van der Waals surface area contributed by atoms with Crippen molar-refractivity contribution in [3.63, 3.8) is 0 Å². The molecule has 1 aromatic carbocycles. The van der Waals surface area contributed by atoms with E-state index in [-0.39, 0.29) is 5.82 Å². The minimum absolute atomic E-state index is 0.183. The van der Waals surface area contributed by atoms with E-state index in [0.717, 1.165) is 17.7 Å². The van der Waals surface area contributed by atoms with E-state index in [1.54, 1.807) is 10.7 Å². The topological polar surface area (TPSA) is 68.0 Å². The van der Waals surface area contributed by atoms with E-state index < -0.39 is 5.97 Å². The lowest BCUT2D eigenvalue weighted by atomic mass is 10.2. The summed E-state index contributed by atoms with van der Waals surface area (Å²) in [5.41, 5.74) is 1.72. The number of hydrogen-bond acceptors (Lipinski definition) is 3. The molecule has 100 valence electrons. The maximum absolute atomic E-state index is 11.0. The van der Waals surface area contributed by atoms with E-state index in [0.29, 0.717) is 17.3 Å². The van der Waals surface area contributed by atoms with Crippen LogP contribution in [0.5, 0.6) is 0 Å². The molecule has 0 amide bonds. The second kappa shape index (κ2) is 5.40. The number of rotatable bonds is 4. The molecule has 0 aliphatic rings. The van der Waals surface area contributed by atoms with Crippen molar-refractivity contribution < 1.29 is 9.90 Å². The molecule has 0 saturated carbocycles. The second-order valence-corrected chi connectivity index (χ2v) is 4.69. The highest BCUT2D eigenvalue weighted by molar-refractivity contribution is 6.30. The Bertz CT molecular complexity index is 622. The van der Waals surface area contributed by atoms with Gasteiger partial charge in [0.15, 0.2) is 0 Å². The number of aromatic nitrogens is 3. The highest BCUT2D eigenvalue weighted by atomic mass is 35.5. The van der Waals surface area contributed by atoms with Crippen molar-refractivity contribution in [2.75, 3.05) is 0 Å². The Balaban J connectivity index is 2.56. The molecule has 1 heterocycles. The van der Waals surface area contributed by atoms with Crippen LogP contribution in [0.1, 0.15) is 35.4 Å². The minimum atomic E-state index is -1.12. The third kappa shape index (κ3) is 2.76. The highest BCUT2D eigenvalue weighted by Crippen LogP contribution is 2.20. The van der Waals surface area contributed by atoms with Gasteiger partial charge in [-0.15, -0.1) is 5.10 Å². The highest BCUT2D eigenvalue weighted by Gasteiger charge is 2.16. The molecule has 0 unspecified atom stereocenters. The fourth-order valence-electron chi connectivity index (χ4n) is 1.87. The summed E-state index contributed by atoms with van der Waals surface area (Å²) >= 11 is 5.92. The van der Waals surface area contributed by atoms with Crippen molar-refractivity contribution in [2.24, 2.45) is 0 Å². The van der Waals surface area contributed by atoms with E-state index in [9.17, 15) is 4.79 Å². The van der Waals surface area contributed by atoms with Crippen LogP contribution in [0.2, 0.25) is 5.02 Å². The van der Waals surface area contributed by atoms with Gasteiger partial charge in [-0.3, -0.25) is 0 Å². The molecular formula is C13H14ClN3O2. The quantitative estimate of drug-likeness (QED) is 0.934. The number of nitrogens with zero attached hydrogens (tertiary/aromatic N) is 3. The molecule has 0 bridgehead atoms. The van der Waals surface area contributed by atoms with Gasteiger partial charge in [-0.25, -0.2) is 14.5 Å². The van der Waals surface area contributed by atoms with Gasteiger partial charge in [0.1, 0.15) is 5.82 Å². The smallest absolute Gasteiger partial charge is 0.375 e. The number of benzene rings is 1. The van der Waals surface area contributed by atoms with Crippen molar-refractivity contribution in [1.29, 1.82) is 0 Å². The molecule has 0 atom stereocenters. The normalized spacial score (nSPS) is 10.7. The Morgan fingerprint density at radius 2 is 2.21 bits per heavy atom. The summed E-state index contributed by atoms with van der Waals surface area (Å²) in [6.45, 7) is 3.91. The lowest BCUT2D eigenvalue weighted by Crippen LogP contribution is -2.05. The van der Waals surface area contributed by atoms with Crippen LogP contribution in [-0.2, 0) is 6.42 Å². The van der Waals surface area contributed by atoms with Crippen LogP contribution in [0.4, 0.5) is 0 Å². The summed E-state index contributed by atoms with van der Waals surface area (Å²) in [7, 11) is 0. The number of aromatic carboxylic acids is 1. The molecule has 0 aliphatic heterocycles.